The summed E-state index contributed by atoms with van der Waals surface area (Å²) in [6.07, 6.45) is 9.01. The third-order valence-electron chi connectivity index (χ3n) is 5.31. The first kappa shape index (κ1) is 16.2. The van der Waals surface area contributed by atoms with Crippen molar-refractivity contribution in [1.29, 1.82) is 0 Å². The minimum atomic E-state index is 0.168. The van der Waals surface area contributed by atoms with Gasteiger partial charge in [0.15, 0.2) is 0 Å². The number of likely N-dealkylation sites (tertiary alicyclic amines) is 2. The van der Waals surface area contributed by atoms with Crippen molar-refractivity contribution in [2.45, 2.75) is 57.1 Å². The lowest BCUT2D eigenvalue weighted by Gasteiger charge is -2.32. The van der Waals surface area contributed by atoms with Crippen LogP contribution in [0.25, 0.3) is 0 Å². The van der Waals surface area contributed by atoms with Gasteiger partial charge >= 0.3 is 0 Å². The summed E-state index contributed by atoms with van der Waals surface area (Å²) in [6, 6.07) is 0.576. The molecular weight excluding hydrogens is 278 g/mol. The topological polar surface area (TPSA) is 44.8 Å². The van der Waals surface area contributed by atoms with Crippen LogP contribution in [0.3, 0.4) is 0 Å². The molecule has 3 saturated heterocycles. The van der Waals surface area contributed by atoms with E-state index < -0.39 is 0 Å². The van der Waals surface area contributed by atoms with Crippen LogP contribution in [0.4, 0.5) is 0 Å². The molecule has 3 rings (SSSR count). The summed E-state index contributed by atoms with van der Waals surface area (Å²) < 4.78 is 5.56. The zero-order valence-electron chi connectivity index (χ0n) is 13.8. The number of carbonyl (C=O) groups is 1. The summed E-state index contributed by atoms with van der Waals surface area (Å²) in [4.78, 5) is 17.2. The van der Waals surface area contributed by atoms with Crippen LogP contribution < -0.4 is 5.32 Å². The third kappa shape index (κ3) is 4.67. The molecule has 22 heavy (non-hydrogen) atoms. The van der Waals surface area contributed by atoms with Gasteiger partial charge in [0.25, 0.3) is 0 Å². The number of hydrogen-bond donors (Lipinski definition) is 1. The summed E-state index contributed by atoms with van der Waals surface area (Å²) in [6.45, 7) is 6.81. The predicted molar refractivity (Wildman–Crippen MR) is 86.9 cm³/mol. The van der Waals surface area contributed by atoms with Gasteiger partial charge in [0.2, 0.25) is 5.91 Å². The van der Waals surface area contributed by atoms with E-state index in [4.69, 9.17) is 4.74 Å². The second kappa shape index (κ2) is 8.27. The maximum atomic E-state index is 12.2. The zero-order chi connectivity index (χ0) is 15.2. The average Bonchev–Trinajstić information content (AvgIpc) is 3.19. The number of ether oxygens (including phenoxy) is 1. The van der Waals surface area contributed by atoms with Crippen LogP contribution >= 0.6 is 0 Å². The minimum Gasteiger partial charge on any atom is -0.376 e. The van der Waals surface area contributed by atoms with Gasteiger partial charge in [0.05, 0.1) is 12.6 Å². The highest BCUT2D eigenvalue weighted by atomic mass is 16.5. The van der Waals surface area contributed by atoms with Crippen LogP contribution in [0.5, 0.6) is 0 Å². The molecule has 3 aliphatic heterocycles. The van der Waals surface area contributed by atoms with Crippen molar-refractivity contribution in [1.82, 2.24) is 15.1 Å². The molecule has 0 aromatic carbocycles. The summed E-state index contributed by atoms with van der Waals surface area (Å²) >= 11 is 0. The van der Waals surface area contributed by atoms with E-state index >= 15 is 0 Å². The maximum Gasteiger partial charge on any atom is 0.234 e. The quantitative estimate of drug-likeness (QED) is 0.802. The Balaban J connectivity index is 1.38. The fourth-order valence-corrected chi connectivity index (χ4v) is 4.02. The number of piperidine rings is 1. The van der Waals surface area contributed by atoms with E-state index in [-0.39, 0.29) is 12.0 Å². The van der Waals surface area contributed by atoms with Gasteiger partial charge in [0.1, 0.15) is 0 Å². The molecule has 2 atom stereocenters. The Kier molecular flexibility index (Phi) is 6.10. The lowest BCUT2D eigenvalue weighted by atomic mass is 10.1. The van der Waals surface area contributed by atoms with Crippen LogP contribution in [0.15, 0.2) is 0 Å². The Bertz CT molecular complexity index is 352. The second-order valence-corrected chi connectivity index (χ2v) is 7.07. The van der Waals surface area contributed by atoms with Crippen molar-refractivity contribution < 1.29 is 9.53 Å². The largest absolute Gasteiger partial charge is 0.376 e. The van der Waals surface area contributed by atoms with Gasteiger partial charge in [-0.1, -0.05) is 6.42 Å². The number of nitrogens with zero attached hydrogens (tertiary/aromatic N) is 2. The van der Waals surface area contributed by atoms with Crippen LogP contribution in [-0.4, -0.2) is 73.7 Å². The Morgan fingerprint density at radius 1 is 1.05 bits per heavy atom. The van der Waals surface area contributed by atoms with Gasteiger partial charge < -0.3 is 15.0 Å². The van der Waals surface area contributed by atoms with Crippen molar-refractivity contribution in [3.63, 3.8) is 0 Å². The number of carbonyl (C=O) groups excluding carboxylic acids is 1. The number of rotatable bonds is 6. The normalized spacial score (nSPS) is 30.7. The van der Waals surface area contributed by atoms with E-state index in [1.165, 1.54) is 45.2 Å². The minimum absolute atomic E-state index is 0.168. The van der Waals surface area contributed by atoms with Gasteiger partial charge in [-0.15, -0.1) is 0 Å². The monoisotopic (exact) mass is 309 g/mol. The van der Waals surface area contributed by atoms with E-state index in [2.05, 4.69) is 15.1 Å². The molecule has 5 nitrogen and oxygen atoms in total. The van der Waals surface area contributed by atoms with Gasteiger partial charge in [-0.2, -0.15) is 0 Å². The molecule has 0 aromatic heterocycles. The Hall–Kier alpha value is -0.650. The van der Waals surface area contributed by atoms with Crippen molar-refractivity contribution in [2.24, 2.45) is 0 Å². The van der Waals surface area contributed by atoms with E-state index in [0.29, 0.717) is 19.1 Å². The summed E-state index contributed by atoms with van der Waals surface area (Å²) in [5.41, 5.74) is 0. The molecule has 3 heterocycles. The average molecular weight is 309 g/mol. The Labute approximate surface area is 134 Å². The highest BCUT2D eigenvalue weighted by Gasteiger charge is 2.28. The Morgan fingerprint density at radius 3 is 2.68 bits per heavy atom. The molecule has 3 fully saturated rings. The van der Waals surface area contributed by atoms with Gasteiger partial charge in [0, 0.05) is 25.7 Å². The SMILES string of the molecule is O=C(CN1CCC[C@@H]1CN1CCCCC1)NC[C@@H]1CCCO1. The third-order valence-corrected chi connectivity index (χ3v) is 5.31. The molecule has 0 aromatic rings. The van der Waals surface area contributed by atoms with Crippen LogP contribution in [0, 0.1) is 0 Å². The molecule has 1 amide bonds. The van der Waals surface area contributed by atoms with Crippen molar-refractivity contribution in [3.05, 3.63) is 0 Å². The number of hydrogen-bond acceptors (Lipinski definition) is 4. The van der Waals surface area contributed by atoms with Crippen molar-refractivity contribution >= 4 is 5.91 Å². The van der Waals surface area contributed by atoms with Gasteiger partial charge in [-0.25, -0.2) is 0 Å². The highest BCUT2D eigenvalue weighted by Crippen LogP contribution is 2.20. The highest BCUT2D eigenvalue weighted by molar-refractivity contribution is 5.78. The molecule has 3 aliphatic rings. The van der Waals surface area contributed by atoms with Crippen molar-refractivity contribution in [2.75, 3.05) is 45.9 Å². The first-order chi connectivity index (χ1) is 10.8. The summed E-state index contributed by atoms with van der Waals surface area (Å²) in [5, 5.41) is 3.06. The molecular formula is C17H31N3O2. The Morgan fingerprint density at radius 2 is 1.91 bits per heavy atom. The lowest BCUT2D eigenvalue weighted by molar-refractivity contribution is -0.123. The summed E-state index contributed by atoms with van der Waals surface area (Å²) in [7, 11) is 0. The molecule has 0 saturated carbocycles. The first-order valence-electron chi connectivity index (χ1n) is 9.16. The van der Waals surface area contributed by atoms with Gasteiger partial charge in [-0.05, 0) is 58.2 Å². The molecule has 126 valence electrons. The van der Waals surface area contributed by atoms with E-state index in [1.54, 1.807) is 0 Å². The molecule has 0 aliphatic carbocycles. The fraction of sp³-hybridized carbons (Fsp3) is 0.941. The van der Waals surface area contributed by atoms with Gasteiger partial charge in [-0.3, -0.25) is 9.69 Å². The van der Waals surface area contributed by atoms with Crippen LogP contribution in [0.2, 0.25) is 0 Å². The first-order valence-corrected chi connectivity index (χ1v) is 9.16. The molecule has 0 radical (unpaired) electrons. The van der Waals surface area contributed by atoms with Crippen LogP contribution in [-0.2, 0) is 9.53 Å². The molecule has 0 unspecified atom stereocenters. The zero-order valence-corrected chi connectivity index (χ0v) is 13.8. The predicted octanol–water partition coefficient (Wildman–Crippen LogP) is 1.23. The second-order valence-electron chi connectivity index (χ2n) is 7.07. The van der Waals surface area contributed by atoms with E-state index in [9.17, 15) is 4.79 Å². The maximum absolute atomic E-state index is 12.2. The van der Waals surface area contributed by atoms with E-state index in [0.717, 1.165) is 32.5 Å². The molecule has 1 N–H and O–H groups in total. The number of amides is 1. The molecule has 0 bridgehead atoms. The molecule has 5 heteroatoms. The van der Waals surface area contributed by atoms with Crippen LogP contribution in [0.1, 0.15) is 44.9 Å². The van der Waals surface area contributed by atoms with Crippen molar-refractivity contribution in [3.8, 4) is 0 Å². The summed E-state index contributed by atoms with van der Waals surface area (Å²) in [5.74, 6) is 0.168. The molecule has 0 spiro atoms. The lowest BCUT2D eigenvalue weighted by Crippen LogP contribution is -2.46. The van der Waals surface area contributed by atoms with E-state index in [1.807, 2.05) is 0 Å². The smallest absolute Gasteiger partial charge is 0.234 e. The fourth-order valence-electron chi connectivity index (χ4n) is 4.02. The number of nitrogens with one attached hydrogen (secondary N) is 1. The standard InChI is InChI=1S/C17H31N3O2/c21-17(18-12-16-7-5-11-22-16)14-20-10-4-6-15(20)13-19-8-2-1-3-9-19/h15-16H,1-14H2,(H,18,21)/t15-,16+/m1/s1.